The van der Waals surface area contributed by atoms with Gasteiger partial charge in [-0.2, -0.15) is 5.10 Å². The zero-order valence-electron chi connectivity index (χ0n) is 17.0. The lowest BCUT2D eigenvalue weighted by Gasteiger charge is -2.37. The molecule has 0 aromatic heterocycles. The molecular weight excluding hydrogens is 379 g/mol. The van der Waals surface area contributed by atoms with Crippen LogP contribution in [0.2, 0.25) is 0 Å². The Hall–Kier alpha value is -2.26. The van der Waals surface area contributed by atoms with Gasteiger partial charge in [-0.3, -0.25) is 0 Å². The van der Waals surface area contributed by atoms with Gasteiger partial charge in [-0.25, -0.2) is 18.6 Å². The number of rotatable bonds is 2. The van der Waals surface area contributed by atoms with Gasteiger partial charge < -0.3 is 14.2 Å². The maximum absolute atomic E-state index is 13.6. The Morgan fingerprint density at radius 2 is 1.72 bits per heavy atom. The van der Waals surface area contributed by atoms with Crippen LogP contribution in [0.1, 0.15) is 45.7 Å². The van der Waals surface area contributed by atoms with Crippen molar-refractivity contribution in [3.8, 4) is 0 Å². The quantitative estimate of drug-likeness (QED) is 0.708. The van der Waals surface area contributed by atoms with Gasteiger partial charge in [0.15, 0.2) is 0 Å². The second-order valence-corrected chi connectivity index (χ2v) is 8.69. The summed E-state index contributed by atoms with van der Waals surface area (Å²) in [4.78, 5) is 14.5. The molecule has 3 aliphatic heterocycles. The average Bonchev–Trinajstić information content (AvgIpc) is 3.11. The van der Waals surface area contributed by atoms with Crippen molar-refractivity contribution < 1.29 is 22.9 Å². The van der Waals surface area contributed by atoms with Crippen molar-refractivity contribution in [3.05, 3.63) is 46.9 Å². The normalized spacial score (nSPS) is 24.8. The molecule has 0 N–H and O–H groups in total. The summed E-state index contributed by atoms with van der Waals surface area (Å²) in [5.74, 6) is 0.569. The molecule has 3 aliphatic rings. The van der Waals surface area contributed by atoms with E-state index in [-0.39, 0.29) is 6.03 Å². The zero-order valence-corrected chi connectivity index (χ0v) is 17.0. The topological polar surface area (TPSA) is 54.4 Å². The molecule has 4 rings (SSSR count). The molecule has 6 nitrogen and oxygen atoms in total. The SMILES string of the molecule is CC1(C)OB(C=C2CN(C(=O)N3N=CCC3c3cc(F)cc(F)c3)C2)OC1(C)C. The second-order valence-electron chi connectivity index (χ2n) is 8.69. The molecule has 0 saturated carbocycles. The molecule has 1 atom stereocenters. The molecule has 2 saturated heterocycles. The summed E-state index contributed by atoms with van der Waals surface area (Å²) in [5, 5.41) is 5.42. The molecule has 1 aromatic rings. The zero-order chi connectivity index (χ0) is 21.0. The Bertz CT molecular complexity index is 859. The van der Waals surface area contributed by atoms with E-state index >= 15 is 0 Å². The van der Waals surface area contributed by atoms with Crippen LogP contribution < -0.4 is 0 Å². The summed E-state index contributed by atoms with van der Waals surface area (Å²) in [6, 6.07) is 2.49. The predicted molar refractivity (Wildman–Crippen MR) is 105 cm³/mol. The summed E-state index contributed by atoms with van der Waals surface area (Å²) < 4.78 is 39.1. The van der Waals surface area contributed by atoms with Crippen molar-refractivity contribution in [2.75, 3.05) is 13.1 Å². The molecule has 3 heterocycles. The number of amides is 2. The van der Waals surface area contributed by atoms with E-state index in [1.807, 2.05) is 33.7 Å². The van der Waals surface area contributed by atoms with Gasteiger partial charge in [0.2, 0.25) is 0 Å². The standard InChI is InChI=1S/C20H24BF2N3O3/c1-19(2)20(3,4)29-21(28-19)10-13-11-25(12-13)18(27)26-17(5-6-24-26)14-7-15(22)9-16(23)8-14/h6-10,17H,5,11-12H2,1-4H3. The second kappa shape index (κ2) is 6.92. The van der Waals surface area contributed by atoms with Gasteiger partial charge in [0.05, 0.1) is 17.2 Å². The fourth-order valence-corrected chi connectivity index (χ4v) is 3.62. The number of hydrogen-bond acceptors (Lipinski definition) is 4. The number of halogens is 2. The van der Waals surface area contributed by atoms with Gasteiger partial charge in [-0.1, -0.05) is 5.98 Å². The predicted octanol–water partition coefficient (Wildman–Crippen LogP) is 3.69. The van der Waals surface area contributed by atoms with Crippen molar-refractivity contribution in [1.82, 2.24) is 9.91 Å². The van der Waals surface area contributed by atoms with Crippen LogP contribution in [0.5, 0.6) is 0 Å². The number of hydrogen-bond donors (Lipinski definition) is 0. The van der Waals surface area contributed by atoms with Gasteiger partial charge in [0, 0.05) is 31.8 Å². The number of benzene rings is 1. The van der Waals surface area contributed by atoms with E-state index in [1.165, 1.54) is 17.1 Å². The summed E-state index contributed by atoms with van der Waals surface area (Å²) in [7, 11) is -0.444. The molecule has 0 bridgehead atoms. The first-order valence-electron chi connectivity index (χ1n) is 9.67. The first-order chi connectivity index (χ1) is 13.6. The molecule has 1 aromatic carbocycles. The Kier molecular flexibility index (Phi) is 4.78. The summed E-state index contributed by atoms with van der Waals surface area (Å²) >= 11 is 0. The fourth-order valence-electron chi connectivity index (χ4n) is 3.62. The highest BCUT2D eigenvalue weighted by molar-refractivity contribution is 6.51. The molecule has 154 valence electrons. The first kappa shape index (κ1) is 20.0. The van der Waals surface area contributed by atoms with E-state index in [9.17, 15) is 13.6 Å². The van der Waals surface area contributed by atoms with Crippen LogP contribution in [0, 0.1) is 11.6 Å². The molecule has 0 radical (unpaired) electrons. The molecule has 9 heteroatoms. The Balaban J connectivity index is 1.40. The minimum Gasteiger partial charge on any atom is -0.400 e. The number of hydrazone groups is 1. The van der Waals surface area contributed by atoms with Crippen molar-refractivity contribution >= 4 is 19.4 Å². The third kappa shape index (κ3) is 3.69. The largest absolute Gasteiger partial charge is 0.487 e. The van der Waals surface area contributed by atoms with Crippen LogP contribution >= 0.6 is 0 Å². The minimum atomic E-state index is -0.670. The fraction of sp³-hybridized carbons (Fsp3) is 0.500. The molecule has 2 amide bonds. The first-order valence-corrected chi connectivity index (χ1v) is 9.67. The van der Waals surface area contributed by atoms with Gasteiger partial charge in [0.25, 0.3) is 0 Å². The number of likely N-dealkylation sites (tertiary alicyclic amines) is 1. The molecule has 0 spiro atoms. The third-order valence-corrected chi connectivity index (χ3v) is 6.00. The van der Waals surface area contributed by atoms with Crippen LogP contribution in [0.3, 0.4) is 0 Å². The Labute approximate surface area is 169 Å². The highest BCUT2D eigenvalue weighted by atomic mass is 19.1. The molecule has 1 unspecified atom stereocenters. The Morgan fingerprint density at radius 3 is 2.31 bits per heavy atom. The van der Waals surface area contributed by atoms with Crippen molar-refractivity contribution in [1.29, 1.82) is 0 Å². The van der Waals surface area contributed by atoms with E-state index in [2.05, 4.69) is 5.10 Å². The van der Waals surface area contributed by atoms with Gasteiger partial charge in [-0.05, 0) is 51.0 Å². The van der Waals surface area contributed by atoms with Crippen molar-refractivity contribution in [2.45, 2.75) is 51.4 Å². The van der Waals surface area contributed by atoms with E-state index < -0.39 is 36.0 Å². The number of carbonyl (C=O) groups excluding carboxylic acids is 1. The number of urea groups is 1. The lowest BCUT2D eigenvalue weighted by molar-refractivity contribution is 0.00578. The summed E-state index contributed by atoms with van der Waals surface area (Å²) in [6.07, 6.45) is 2.01. The molecular formula is C20H24BF2N3O3. The minimum absolute atomic E-state index is 0.292. The maximum Gasteiger partial charge on any atom is 0.487 e. The third-order valence-electron chi connectivity index (χ3n) is 6.00. The van der Waals surface area contributed by atoms with Gasteiger partial charge >= 0.3 is 13.1 Å². The van der Waals surface area contributed by atoms with Crippen LogP contribution in [-0.4, -0.2) is 53.6 Å². The van der Waals surface area contributed by atoms with E-state index in [0.717, 1.165) is 11.6 Å². The van der Waals surface area contributed by atoms with Crippen molar-refractivity contribution in [2.24, 2.45) is 5.10 Å². The Morgan fingerprint density at radius 1 is 1.14 bits per heavy atom. The molecule has 2 fully saturated rings. The van der Waals surface area contributed by atoms with Crippen molar-refractivity contribution in [3.63, 3.8) is 0 Å². The average molecular weight is 403 g/mol. The lowest BCUT2D eigenvalue weighted by Crippen LogP contribution is -2.50. The van der Waals surface area contributed by atoms with Crippen LogP contribution in [0.25, 0.3) is 0 Å². The van der Waals surface area contributed by atoms with E-state index in [1.54, 1.807) is 11.1 Å². The van der Waals surface area contributed by atoms with E-state index in [0.29, 0.717) is 25.1 Å². The van der Waals surface area contributed by atoms with Crippen LogP contribution in [-0.2, 0) is 9.31 Å². The van der Waals surface area contributed by atoms with Crippen LogP contribution in [0.4, 0.5) is 13.6 Å². The highest BCUT2D eigenvalue weighted by Gasteiger charge is 2.50. The van der Waals surface area contributed by atoms with Crippen LogP contribution in [0.15, 0.2) is 34.8 Å². The van der Waals surface area contributed by atoms with E-state index in [4.69, 9.17) is 9.31 Å². The molecule has 0 aliphatic carbocycles. The lowest BCUT2D eigenvalue weighted by atomic mass is 9.85. The highest BCUT2D eigenvalue weighted by Crippen LogP contribution is 2.38. The summed E-state index contributed by atoms with van der Waals surface area (Å²) in [6.45, 7) is 8.84. The van der Waals surface area contributed by atoms with Gasteiger partial charge in [0.1, 0.15) is 11.6 Å². The smallest absolute Gasteiger partial charge is 0.400 e. The van der Waals surface area contributed by atoms with Gasteiger partial charge in [-0.15, -0.1) is 0 Å². The maximum atomic E-state index is 13.6. The molecule has 29 heavy (non-hydrogen) atoms. The number of nitrogens with zero attached hydrogens (tertiary/aromatic N) is 3. The summed E-state index contributed by atoms with van der Waals surface area (Å²) in [5.41, 5.74) is 0.604. The number of carbonyl (C=O) groups is 1. The monoisotopic (exact) mass is 403 g/mol.